The van der Waals surface area contributed by atoms with Crippen LogP contribution in [0.5, 0.6) is 5.75 Å². The maximum atomic E-state index is 13.1. The van der Waals surface area contributed by atoms with Gasteiger partial charge in [-0.2, -0.15) is 13.2 Å². The number of hydrogen-bond acceptors (Lipinski definition) is 2. The van der Waals surface area contributed by atoms with Crippen LogP contribution in [0.4, 0.5) is 13.2 Å². The predicted octanol–water partition coefficient (Wildman–Crippen LogP) is 4.51. The lowest BCUT2D eigenvalue weighted by molar-refractivity contribution is -0.192. The van der Waals surface area contributed by atoms with Crippen LogP contribution in [0.2, 0.25) is 0 Å². The van der Waals surface area contributed by atoms with Crippen LogP contribution in [0.1, 0.15) is 32.6 Å². The molecule has 1 unspecified atom stereocenters. The van der Waals surface area contributed by atoms with Crippen molar-refractivity contribution in [3.63, 3.8) is 0 Å². The van der Waals surface area contributed by atoms with Crippen LogP contribution < -0.4 is 4.74 Å². The van der Waals surface area contributed by atoms with E-state index in [9.17, 15) is 13.2 Å². The molecule has 23 heavy (non-hydrogen) atoms. The third-order valence-electron chi connectivity index (χ3n) is 5.34. The second-order valence-electron chi connectivity index (χ2n) is 7.03. The highest BCUT2D eigenvalue weighted by atomic mass is 19.4. The Morgan fingerprint density at radius 2 is 1.78 bits per heavy atom. The minimum Gasteiger partial charge on any atom is -0.490 e. The fourth-order valence-corrected chi connectivity index (χ4v) is 3.50. The molecule has 5 heteroatoms. The normalized spacial score (nSPS) is 23.5. The maximum absolute atomic E-state index is 13.1. The van der Waals surface area contributed by atoms with Gasteiger partial charge in [0.25, 0.3) is 0 Å². The van der Waals surface area contributed by atoms with Crippen molar-refractivity contribution in [1.82, 2.24) is 4.90 Å². The lowest BCUT2D eigenvalue weighted by Gasteiger charge is -2.37. The third kappa shape index (κ3) is 3.82. The third-order valence-corrected chi connectivity index (χ3v) is 5.34. The molecule has 0 bridgehead atoms. The van der Waals surface area contributed by atoms with E-state index in [0.29, 0.717) is 18.8 Å². The van der Waals surface area contributed by atoms with E-state index in [1.165, 1.54) is 0 Å². The molecule has 128 valence electrons. The molecule has 0 radical (unpaired) electrons. The van der Waals surface area contributed by atoms with Crippen LogP contribution in [0, 0.1) is 11.3 Å². The van der Waals surface area contributed by atoms with Crippen molar-refractivity contribution in [3.05, 3.63) is 30.3 Å². The number of nitrogens with zero attached hydrogens (tertiary/aromatic N) is 1. The van der Waals surface area contributed by atoms with Crippen molar-refractivity contribution in [2.24, 2.45) is 11.3 Å². The summed E-state index contributed by atoms with van der Waals surface area (Å²) in [5, 5.41) is 0. The van der Waals surface area contributed by atoms with Crippen LogP contribution in [0.3, 0.4) is 0 Å². The Hall–Kier alpha value is -1.23. The lowest BCUT2D eigenvalue weighted by Crippen LogP contribution is -2.44. The molecule has 2 fully saturated rings. The lowest BCUT2D eigenvalue weighted by atomic mass is 9.91. The van der Waals surface area contributed by atoms with Gasteiger partial charge in [-0.3, -0.25) is 0 Å². The smallest absolute Gasteiger partial charge is 0.395 e. The molecule has 1 aromatic carbocycles. The molecule has 0 amide bonds. The van der Waals surface area contributed by atoms with Gasteiger partial charge in [-0.1, -0.05) is 18.2 Å². The summed E-state index contributed by atoms with van der Waals surface area (Å²) in [4.78, 5) is 1.99. The maximum Gasteiger partial charge on any atom is 0.395 e. The molecular formula is C18H24F3NO. The summed E-state index contributed by atoms with van der Waals surface area (Å²) in [7, 11) is 0. The van der Waals surface area contributed by atoms with Gasteiger partial charge in [-0.05, 0) is 63.7 Å². The number of ether oxygens (including phenoxy) is 1. The highest BCUT2D eigenvalue weighted by Gasteiger charge is 2.63. The average molecular weight is 327 g/mol. The van der Waals surface area contributed by atoms with Crippen LogP contribution in [0.15, 0.2) is 30.3 Å². The first-order chi connectivity index (χ1) is 10.9. The molecule has 2 nitrogen and oxygen atoms in total. The number of benzene rings is 1. The predicted molar refractivity (Wildman–Crippen MR) is 83.4 cm³/mol. The Morgan fingerprint density at radius 3 is 2.30 bits per heavy atom. The van der Waals surface area contributed by atoms with E-state index in [2.05, 4.69) is 6.92 Å². The minimum absolute atomic E-state index is 0.0945. The number of likely N-dealkylation sites (tertiary alicyclic amines) is 1. The van der Waals surface area contributed by atoms with Crippen molar-refractivity contribution in [3.8, 4) is 5.75 Å². The quantitative estimate of drug-likeness (QED) is 0.789. The zero-order valence-electron chi connectivity index (χ0n) is 13.5. The first kappa shape index (κ1) is 16.6. The van der Waals surface area contributed by atoms with Gasteiger partial charge >= 0.3 is 6.18 Å². The number of para-hydroxylation sites is 1. The SMILES string of the molecule is CC(Oc1ccccc1)C1CCN(CC2(C(F)(F)F)CC2)CC1. The second-order valence-corrected chi connectivity index (χ2v) is 7.03. The minimum atomic E-state index is -4.05. The van der Waals surface area contributed by atoms with Gasteiger partial charge in [0.2, 0.25) is 0 Å². The Labute approximate surface area is 135 Å². The number of rotatable bonds is 5. The van der Waals surface area contributed by atoms with E-state index >= 15 is 0 Å². The number of halogens is 3. The van der Waals surface area contributed by atoms with Crippen molar-refractivity contribution < 1.29 is 17.9 Å². The van der Waals surface area contributed by atoms with Crippen molar-refractivity contribution in [2.75, 3.05) is 19.6 Å². The van der Waals surface area contributed by atoms with Crippen molar-refractivity contribution >= 4 is 0 Å². The van der Waals surface area contributed by atoms with Gasteiger partial charge in [-0.15, -0.1) is 0 Å². The monoisotopic (exact) mass is 327 g/mol. The fraction of sp³-hybridized carbons (Fsp3) is 0.667. The molecule has 1 atom stereocenters. The Bertz CT molecular complexity index is 505. The highest BCUT2D eigenvalue weighted by Crippen LogP contribution is 2.58. The number of piperidine rings is 1. The fourth-order valence-electron chi connectivity index (χ4n) is 3.50. The Kier molecular flexibility index (Phi) is 4.59. The summed E-state index contributed by atoms with van der Waals surface area (Å²) in [6.45, 7) is 3.72. The van der Waals surface area contributed by atoms with Crippen LogP contribution in [-0.4, -0.2) is 36.8 Å². The number of hydrogen-bond donors (Lipinski definition) is 0. The molecule has 0 aromatic heterocycles. The average Bonchev–Trinajstić information content (AvgIpc) is 3.29. The molecule has 2 aliphatic rings. The highest BCUT2D eigenvalue weighted by molar-refractivity contribution is 5.21. The van der Waals surface area contributed by atoms with E-state index < -0.39 is 11.6 Å². The first-order valence-corrected chi connectivity index (χ1v) is 8.40. The van der Waals surface area contributed by atoms with Crippen LogP contribution in [0.25, 0.3) is 0 Å². The molecule has 0 spiro atoms. The summed E-state index contributed by atoms with van der Waals surface area (Å²) in [6, 6.07) is 9.70. The van der Waals surface area contributed by atoms with Crippen LogP contribution in [-0.2, 0) is 0 Å². The summed E-state index contributed by atoms with van der Waals surface area (Å²) in [5.41, 5.74) is -1.41. The van der Waals surface area contributed by atoms with E-state index in [1.54, 1.807) is 0 Å². The molecule has 1 aliphatic carbocycles. The molecule has 1 aromatic rings. The topological polar surface area (TPSA) is 12.5 Å². The van der Waals surface area contributed by atoms with E-state index in [-0.39, 0.29) is 12.6 Å². The summed E-state index contributed by atoms with van der Waals surface area (Å²) >= 11 is 0. The van der Waals surface area contributed by atoms with Crippen LogP contribution >= 0.6 is 0 Å². The molecule has 1 heterocycles. The van der Waals surface area contributed by atoms with Crippen molar-refractivity contribution in [2.45, 2.75) is 44.9 Å². The summed E-state index contributed by atoms with van der Waals surface area (Å²) < 4.78 is 45.1. The summed E-state index contributed by atoms with van der Waals surface area (Å²) in [6.07, 6.45) is -1.55. The molecule has 0 N–H and O–H groups in total. The molecular weight excluding hydrogens is 303 g/mol. The number of alkyl halides is 3. The van der Waals surface area contributed by atoms with Gasteiger partial charge in [0.05, 0.1) is 11.5 Å². The van der Waals surface area contributed by atoms with E-state index in [1.807, 2.05) is 35.2 Å². The molecule has 3 rings (SSSR count). The molecule has 1 aliphatic heterocycles. The Balaban J connectivity index is 1.47. The van der Waals surface area contributed by atoms with E-state index in [0.717, 1.165) is 31.7 Å². The van der Waals surface area contributed by atoms with Gasteiger partial charge in [0.1, 0.15) is 5.75 Å². The largest absolute Gasteiger partial charge is 0.490 e. The molecule has 1 saturated carbocycles. The zero-order chi connectivity index (χ0) is 16.5. The summed E-state index contributed by atoms with van der Waals surface area (Å²) in [5.74, 6) is 1.27. The van der Waals surface area contributed by atoms with Crippen molar-refractivity contribution in [1.29, 1.82) is 0 Å². The standard InChI is InChI=1S/C18H24F3NO/c1-14(23-16-5-3-2-4-6-16)15-7-11-22(12-8-15)13-17(9-10-17)18(19,20)21/h2-6,14-15H,7-13H2,1H3. The second kappa shape index (κ2) is 6.34. The van der Waals surface area contributed by atoms with Gasteiger partial charge < -0.3 is 9.64 Å². The molecule has 1 saturated heterocycles. The first-order valence-electron chi connectivity index (χ1n) is 8.40. The Morgan fingerprint density at radius 1 is 1.17 bits per heavy atom. The van der Waals surface area contributed by atoms with E-state index in [4.69, 9.17) is 4.74 Å². The zero-order valence-corrected chi connectivity index (χ0v) is 13.5. The van der Waals surface area contributed by atoms with Gasteiger partial charge in [0.15, 0.2) is 0 Å². The van der Waals surface area contributed by atoms with Gasteiger partial charge in [0, 0.05) is 6.54 Å². The van der Waals surface area contributed by atoms with Gasteiger partial charge in [-0.25, -0.2) is 0 Å².